The van der Waals surface area contributed by atoms with Crippen LogP contribution in [0.3, 0.4) is 0 Å². The number of amides is 1. The summed E-state index contributed by atoms with van der Waals surface area (Å²) in [5.74, 6) is -0.381. The Bertz CT molecular complexity index is 1120. The minimum atomic E-state index is -0.777. The lowest BCUT2D eigenvalue weighted by Crippen LogP contribution is -2.37. The minimum absolute atomic E-state index is 0.0568. The Morgan fingerprint density at radius 1 is 1.24 bits per heavy atom. The summed E-state index contributed by atoms with van der Waals surface area (Å²) < 4.78 is 17.2. The summed E-state index contributed by atoms with van der Waals surface area (Å²) in [4.78, 5) is 33.2. The number of aliphatic hydroxyl groups is 1. The number of Topliss-reactive ketones (excluding diaryl/α,β-unsaturated/α-hetero) is 1. The number of carbonyl (C=O) groups is 2. The predicted octanol–water partition coefficient (Wildman–Crippen LogP) is 4.31. The highest BCUT2D eigenvalue weighted by molar-refractivity contribution is 7.14. The Morgan fingerprint density at radius 3 is 2.59 bits per heavy atom. The highest BCUT2D eigenvalue weighted by Crippen LogP contribution is 2.43. The highest BCUT2D eigenvalue weighted by atomic mass is 32.1. The molecule has 0 radical (unpaired) electrons. The molecule has 4 rings (SSSR count). The Balaban J connectivity index is 1.80. The molecule has 9 heteroatoms. The third-order valence-corrected chi connectivity index (χ3v) is 7.04. The van der Waals surface area contributed by atoms with E-state index in [-0.39, 0.29) is 24.0 Å². The number of aromatic nitrogens is 1. The number of ketones is 1. The molecule has 0 aliphatic carbocycles. The van der Waals surface area contributed by atoms with Crippen LogP contribution in [0.25, 0.3) is 0 Å². The van der Waals surface area contributed by atoms with Gasteiger partial charge in [0.25, 0.3) is 5.91 Å². The van der Waals surface area contributed by atoms with Gasteiger partial charge in [0.05, 0.1) is 46.5 Å². The van der Waals surface area contributed by atoms with Crippen LogP contribution < -0.4 is 9.47 Å². The van der Waals surface area contributed by atoms with Crippen LogP contribution in [-0.2, 0) is 9.53 Å². The molecule has 1 fully saturated rings. The molecule has 2 atom stereocenters. The molecule has 2 aliphatic rings. The number of rotatable bonds is 9. The normalized spacial score (nSPS) is 20.4. The van der Waals surface area contributed by atoms with Crippen molar-refractivity contribution in [2.24, 2.45) is 0 Å². The van der Waals surface area contributed by atoms with Gasteiger partial charge in [-0.2, -0.15) is 0 Å². The lowest BCUT2D eigenvalue weighted by molar-refractivity contribution is -0.131. The summed E-state index contributed by atoms with van der Waals surface area (Å²) in [5.41, 5.74) is 1.30. The Kier molecular flexibility index (Phi) is 7.23. The van der Waals surface area contributed by atoms with Gasteiger partial charge in [-0.1, -0.05) is 6.07 Å². The molecule has 0 bridgehead atoms. The standard InChI is InChI=1S/C25H30N2O6S/c1-5-31-18-10-9-16(12-19(18)32-6-2)21-20(22(28)24-14(3)26-15(4)34-24)23(29)25(30)27(21)13-17-8-7-11-33-17/h9-10,12,17,21,29H,5-8,11,13H2,1-4H3. The van der Waals surface area contributed by atoms with Crippen LogP contribution in [-0.4, -0.2) is 59.2 Å². The van der Waals surface area contributed by atoms with Gasteiger partial charge in [-0.3, -0.25) is 9.59 Å². The van der Waals surface area contributed by atoms with Crippen LogP contribution in [0.5, 0.6) is 11.5 Å². The summed E-state index contributed by atoms with van der Waals surface area (Å²) in [5, 5.41) is 11.7. The van der Waals surface area contributed by atoms with Gasteiger partial charge in [-0.25, -0.2) is 4.98 Å². The quantitative estimate of drug-likeness (QED) is 0.527. The maximum Gasteiger partial charge on any atom is 0.290 e. The van der Waals surface area contributed by atoms with Gasteiger partial charge in [0.2, 0.25) is 5.78 Å². The largest absolute Gasteiger partial charge is 0.503 e. The summed E-state index contributed by atoms with van der Waals surface area (Å²) >= 11 is 1.26. The van der Waals surface area contributed by atoms with Crippen LogP contribution in [0.4, 0.5) is 0 Å². The molecule has 3 heterocycles. The average Bonchev–Trinajstić information content (AvgIpc) is 3.50. The van der Waals surface area contributed by atoms with E-state index in [1.54, 1.807) is 19.1 Å². The first-order valence-corrected chi connectivity index (χ1v) is 12.4. The number of ether oxygens (including phenoxy) is 3. The van der Waals surface area contributed by atoms with E-state index in [1.165, 1.54) is 16.2 Å². The SMILES string of the molecule is CCOc1ccc(C2C(C(=O)c3sc(C)nc3C)=C(O)C(=O)N2CC2CCCO2)cc1OCC. The van der Waals surface area contributed by atoms with Gasteiger partial charge in [0, 0.05) is 13.2 Å². The van der Waals surface area contributed by atoms with Crippen LogP contribution in [0.2, 0.25) is 0 Å². The highest BCUT2D eigenvalue weighted by Gasteiger charge is 2.45. The van der Waals surface area contributed by atoms with E-state index in [1.807, 2.05) is 26.8 Å². The molecule has 0 saturated carbocycles. The van der Waals surface area contributed by atoms with Crippen LogP contribution in [0.1, 0.15) is 58.7 Å². The van der Waals surface area contributed by atoms with E-state index in [0.717, 1.165) is 17.8 Å². The summed E-state index contributed by atoms with van der Waals surface area (Å²) in [6.07, 6.45) is 1.59. The van der Waals surface area contributed by atoms with Gasteiger partial charge in [-0.05, 0) is 58.2 Å². The molecule has 1 aromatic heterocycles. The van der Waals surface area contributed by atoms with E-state index >= 15 is 0 Å². The second-order valence-electron chi connectivity index (χ2n) is 8.31. The average molecular weight is 487 g/mol. The fraction of sp³-hybridized carbons (Fsp3) is 0.480. The molecule has 0 spiro atoms. The molecular formula is C25H30N2O6S. The second kappa shape index (κ2) is 10.1. The van der Waals surface area contributed by atoms with Gasteiger partial charge >= 0.3 is 0 Å². The maximum absolute atomic E-state index is 13.7. The van der Waals surface area contributed by atoms with Crippen molar-refractivity contribution < 1.29 is 28.9 Å². The Labute approximate surface area is 203 Å². The number of thiazole rings is 1. The van der Waals surface area contributed by atoms with E-state index in [9.17, 15) is 14.7 Å². The number of carbonyl (C=O) groups excluding carboxylic acids is 2. The van der Waals surface area contributed by atoms with E-state index < -0.39 is 17.7 Å². The van der Waals surface area contributed by atoms with Crippen LogP contribution in [0, 0.1) is 13.8 Å². The van der Waals surface area contributed by atoms with E-state index in [0.29, 0.717) is 47.5 Å². The topological polar surface area (TPSA) is 98.2 Å². The number of nitrogens with zero attached hydrogens (tertiary/aromatic N) is 2. The van der Waals surface area contributed by atoms with Crippen molar-refractivity contribution in [3.63, 3.8) is 0 Å². The fourth-order valence-corrected chi connectivity index (χ4v) is 5.40. The molecule has 1 amide bonds. The van der Waals surface area contributed by atoms with Crippen molar-refractivity contribution in [1.82, 2.24) is 9.88 Å². The van der Waals surface area contributed by atoms with Gasteiger partial charge in [-0.15, -0.1) is 11.3 Å². The molecule has 2 unspecified atom stereocenters. The molecule has 182 valence electrons. The van der Waals surface area contributed by atoms with Gasteiger partial charge in [0.1, 0.15) is 0 Å². The zero-order chi connectivity index (χ0) is 24.4. The predicted molar refractivity (Wildman–Crippen MR) is 128 cm³/mol. The number of hydrogen-bond donors (Lipinski definition) is 1. The monoisotopic (exact) mass is 486 g/mol. The minimum Gasteiger partial charge on any atom is -0.503 e. The molecule has 1 saturated heterocycles. The maximum atomic E-state index is 13.7. The molecule has 2 aromatic rings. The summed E-state index contributed by atoms with van der Waals surface area (Å²) in [6.45, 7) is 9.17. The number of aliphatic hydroxyl groups excluding tert-OH is 1. The number of aryl methyl sites for hydroxylation is 2. The van der Waals surface area contributed by atoms with Crippen molar-refractivity contribution in [1.29, 1.82) is 0 Å². The number of benzene rings is 1. The first-order chi connectivity index (χ1) is 16.3. The first-order valence-electron chi connectivity index (χ1n) is 11.6. The zero-order valence-electron chi connectivity index (χ0n) is 19.9. The van der Waals surface area contributed by atoms with Crippen molar-refractivity contribution in [2.45, 2.75) is 52.7 Å². The Morgan fingerprint density at radius 2 is 1.97 bits per heavy atom. The lowest BCUT2D eigenvalue weighted by atomic mass is 9.94. The van der Waals surface area contributed by atoms with E-state index in [2.05, 4.69) is 4.98 Å². The van der Waals surface area contributed by atoms with Crippen molar-refractivity contribution in [3.8, 4) is 11.5 Å². The summed E-state index contributed by atoms with van der Waals surface area (Å²) in [6, 6.07) is 4.59. The van der Waals surface area contributed by atoms with Crippen molar-refractivity contribution in [3.05, 3.63) is 50.7 Å². The molecule has 2 aliphatic heterocycles. The van der Waals surface area contributed by atoms with Crippen LogP contribution >= 0.6 is 11.3 Å². The first kappa shape index (κ1) is 24.2. The fourth-order valence-electron chi connectivity index (χ4n) is 4.53. The van der Waals surface area contributed by atoms with Gasteiger partial charge < -0.3 is 24.2 Å². The van der Waals surface area contributed by atoms with E-state index in [4.69, 9.17) is 14.2 Å². The van der Waals surface area contributed by atoms with Crippen molar-refractivity contribution >= 4 is 23.0 Å². The van der Waals surface area contributed by atoms with Crippen molar-refractivity contribution in [2.75, 3.05) is 26.4 Å². The summed E-state index contributed by atoms with van der Waals surface area (Å²) in [7, 11) is 0. The third-order valence-electron chi connectivity index (χ3n) is 5.97. The molecule has 34 heavy (non-hydrogen) atoms. The number of hydrogen-bond acceptors (Lipinski definition) is 8. The molecule has 1 N–H and O–H groups in total. The molecule has 8 nitrogen and oxygen atoms in total. The smallest absolute Gasteiger partial charge is 0.290 e. The lowest BCUT2D eigenvalue weighted by Gasteiger charge is -2.29. The van der Waals surface area contributed by atoms with Crippen LogP contribution in [0.15, 0.2) is 29.5 Å². The van der Waals surface area contributed by atoms with Gasteiger partial charge in [0.15, 0.2) is 17.3 Å². The second-order valence-corrected chi connectivity index (χ2v) is 9.51. The molecular weight excluding hydrogens is 456 g/mol. The zero-order valence-corrected chi connectivity index (χ0v) is 20.7. The third kappa shape index (κ3) is 4.54. The Hall–Kier alpha value is -2.91. The molecule has 1 aromatic carbocycles.